The number of carbonyl (C=O) groups is 1. The van der Waals surface area contributed by atoms with Crippen molar-refractivity contribution in [1.82, 2.24) is 0 Å². The van der Waals surface area contributed by atoms with E-state index in [0.717, 1.165) is 19.3 Å². The number of aliphatic hydroxyl groups is 5. The van der Waals surface area contributed by atoms with Crippen LogP contribution in [-0.4, -0.2) is 93.3 Å². The standard InChI is InChI=1S/C24H46O6.C2H6O2.2H2O/c1-2-3-4-5-6-7-8-9-10-11-12-13-14-15-16-17-22(27)29-19-21(26)24-23(28)20(25)18-30-24;3-1-2-4;;/h20-21,23-26,28H,2-19H2,1H3;3-4H,1-2H2;2*1H2/t20-,21+,23+,24+;;;/m0.../s1. The molecule has 0 saturated carbocycles. The Labute approximate surface area is 217 Å². The summed E-state index contributed by atoms with van der Waals surface area (Å²) in [5, 5.41) is 44.2. The van der Waals surface area contributed by atoms with Gasteiger partial charge in [-0.05, 0) is 6.42 Å². The van der Waals surface area contributed by atoms with Crippen molar-refractivity contribution in [1.29, 1.82) is 0 Å². The third kappa shape index (κ3) is 22.4. The van der Waals surface area contributed by atoms with Crippen LogP contribution in [0.15, 0.2) is 0 Å². The summed E-state index contributed by atoms with van der Waals surface area (Å²) in [6.45, 7) is 1.78. The average Bonchev–Trinajstić information content (AvgIpc) is 3.18. The van der Waals surface area contributed by atoms with Crippen molar-refractivity contribution >= 4 is 5.97 Å². The maximum absolute atomic E-state index is 11.8. The molecule has 0 amide bonds. The van der Waals surface area contributed by atoms with Crippen molar-refractivity contribution < 1.29 is 50.8 Å². The van der Waals surface area contributed by atoms with E-state index in [1.165, 1.54) is 77.0 Å². The molecule has 1 aliphatic heterocycles. The number of unbranched alkanes of at least 4 members (excludes halogenated alkanes) is 14. The van der Waals surface area contributed by atoms with Crippen LogP contribution in [0.25, 0.3) is 0 Å². The van der Waals surface area contributed by atoms with Gasteiger partial charge in [-0.2, -0.15) is 0 Å². The van der Waals surface area contributed by atoms with Crippen LogP contribution in [0, 0.1) is 0 Å². The van der Waals surface area contributed by atoms with Crippen molar-refractivity contribution in [3.05, 3.63) is 0 Å². The number of carbonyl (C=O) groups excluding carboxylic acids is 1. The van der Waals surface area contributed by atoms with Gasteiger partial charge >= 0.3 is 5.97 Å². The zero-order valence-corrected chi connectivity index (χ0v) is 22.4. The highest BCUT2D eigenvalue weighted by molar-refractivity contribution is 5.69. The second-order valence-corrected chi connectivity index (χ2v) is 9.25. The normalized spacial score (nSPS) is 19.4. The quantitative estimate of drug-likeness (QED) is 0.116. The Morgan fingerprint density at radius 2 is 1.22 bits per heavy atom. The zero-order chi connectivity index (χ0) is 25.4. The minimum atomic E-state index is -1.14. The van der Waals surface area contributed by atoms with Gasteiger partial charge in [0.05, 0.1) is 19.8 Å². The summed E-state index contributed by atoms with van der Waals surface area (Å²) < 4.78 is 10.2. The number of esters is 1. The molecule has 1 heterocycles. The van der Waals surface area contributed by atoms with E-state index >= 15 is 0 Å². The van der Waals surface area contributed by atoms with Crippen molar-refractivity contribution in [2.24, 2.45) is 0 Å². The monoisotopic (exact) mass is 528 g/mol. The molecule has 9 N–H and O–H groups in total. The van der Waals surface area contributed by atoms with E-state index in [1.807, 2.05) is 0 Å². The maximum atomic E-state index is 11.8. The Kier molecular flexibility index (Phi) is 31.6. The topological polar surface area (TPSA) is 200 Å². The Bertz CT molecular complexity index is 450. The number of rotatable bonds is 20. The van der Waals surface area contributed by atoms with Gasteiger partial charge in [0.25, 0.3) is 0 Å². The van der Waals surface area contributed by atoms with E-state index in [0.29, 0.717) is 6.42 Å². The minimum Gasteiger partial charge on any atom is -0.463 e. The molecule has 1 aliphatic rings. The highest BCUT2D eigenvalue weighted by Crippen LogP contribution is 2.18. The third-order valence-corrected chi connectivity index (χ3v) is 6.07. The SMILES string of the molecule is CCCCCCCCCCCCCCCCCC(=O)OC[C@@H](O)[C@H]1OC[C@H](O)[C@H]1O.O.O.OCCO. The molecular weight excluding hydrogens is 472 g/mol. The molecule has 1 saturated heterocycles. The summed E-state index contributed by atoms with van der Waals surface area (Å²) >= 11 is 0. The smallest absolute Gasteiger partial charge is 0.305 e. The van der Waals surface area contributed by atoms with Gasteiger partial charge in [-0.1, -0.05) is 96.8 Å². The van der Waals surface area contributed by atoms with Crippen molar-refractivity contribution in [2.45, 2.75) is 134 Å². The summed E-state index contributed by atoms with van der Waals surface area (Å²) in [5.41, 5.74) is 0. The molecule has 36 heavy (non-hydrogen) atoms. The molecule has 10 heteroatoms. The van der Waals surface area contributed by atoms with Gasteiger partial charge < -0.3 is 46.0 Å². The maximum Gasteiger partial charge on any atom is 0.305 e. The molecule has 220 valence electrons. The summed E-state index contributed by atoms with van der Waals surface area (Å²) in [5.74, 6) is -0.336. The fraction of sp³-hybridized carbons (Fsp3) is 0.962. The predicted molar refractivity (Wildman–Crippen MR) is 140 cm³/mol. The predicted octanol–water partition coefficient (Wildman–Crippen LogP) is 1.59. The Morgan fingerprint density at radius 3 is 1.58 bits per heavy atom. The lowest BCUT2D eigenvalue weighted by atomic mass is 10.0. The molecule has 0 unspecified atom stereocenters. The van der Waals surface area contributed by atoms with Crippen LogP contribution in [0.1, 0.15) is 110 Å². The first-order chi connectivity index (χ1) is 16.5. The number of hydrogen-bond donors (Lipinski definition) is 5. The average molecular weight is 529 g/mol. The molecule has 1 rings (SSSR count). The van der Waals surface area contributed by atoms with Crippen molar-refractivity contribution in [3.63, 3.8) is 0 Å². The first-order valence-electron chi connectivity index (χ1n) is 13.5. The van der Waals surface area contributed by atoms with Crippen LogP contribution in [0.5, 0.6) is 0 Å². The molecule has 10 nitrogen and oxygen atoms in total. The Hall–Kier alpha value is -0.850. The van der Waals surface area contributed by atoms with Gasteiger partial charge in [-0.15, -0.1) is 0 Å². The lowest BCUT2D eigenvalue weighted by Crippen LogP contribution is -2.41. The summed E-state index contributed by atoms with van der Waals surface area (Å²) in [6, 6.07) is 0. The number of ether oxygens (including phenoxy) is 2. The molecule has 0 aromatic rings. The molecule has 0 radical (unpaired) electrons. The Morgan fingerprint density at radius 1 is 0.806 bits per heavy atom. The highest BCUT2D eigenvalue weighted by Gasteiger charge is 2.39. The lowest BCUT2D eigenvalue weighted by Gasteiger charge is -2.20. The van der Waals surface area contributed by atoms with Crippen LogP contribution >= 0.6 is 0 Å². The van der Waals surface area contributed by atoms with E-state index in [4.69, 9.17) is 19.7 Å². The fourth-order valence-corrected chi connectivity index (χ4v) is 3.95. The van der Waals surface area contributed by atoms with Crippen LogP contribution in [-0.2, 0) is 14.3 Å². The summed E-state index contributed by atoms with van der Waals surface area (Å²) in [4.78, 5) is 11.8. The third-order valence-electron chi connectivity index (χ3n) is 6.07. The van der Waals surface area contributed by atoms with E-state index < -0.39 is 24.4 Å². The largest absolute Gasteiger partial charge is 0.463 e. The van der Waals surface area contributed by atoms with Crippen LogP contribution in [0.4, 0.5) is 0 Å². The molecule has 0 bridgehead atoms. The molecule has 0 spiro atoms. The highest BCUT2D eigenvalue weighted by atomic mass is 16.6. The van der Waals surface area contributed by atoms with Gasteiger partial charge in [0.2, 0.25) is 0 Å². The van der Waals surface area contributed by atoms with Crippen molar-refractivity contribution in [2.75, 3.05) is 26.4 Å². The number of hydrogen-bond acceptors (Lipinski definition) is 8. The van der Waals surface area contributed by atoms with E-state index in [9.17, 15) is 20.1 Å². The molecule has 0 aromatic heterocycles. The van der Waals surface area contributed by atoms with Crippen LogP contribution in [0.2, 0.25) is 0 Å². The van der Waals surface area contributed by atoms with Gasteiger partial charge in [0, 0.05) is 6.42 Å². The van der Waals surface area contributed by atoms with E-state index in [-0.39, 0.29) is 43.3 Å². The molecule has 0 aromatic carbocycles. The zero-order valence-electron chi connectivity index (χ0n) is 22.4. The first-order valence-corrected chi connectivity index (χ1v) is 13.5. The van der Waals surface area contributed by atoms with Crippen LogP contribution in [0.3, 0.4) is 0 Å². The van der Waals surface area contributed by atoms with Crippen LogP contribution < -0.4 is 0 Å². The van der Waals surface area contributed by atoms with Gasteiger partial charge in [-0.25, -0.2) is 0 Å². The fourth-order valence-electron chi connectivity index (χ4n) is 3.95. The first kappa shape index (κ1) is 39.7. The van der Waals surface area contributed by atoms with Gasteiger partial charge in [0.1, 0.15) is 31.0 Å². The number of aliphatic hydroxyl groups excluding tert-OH is 5. The molecule has 0 aliphatic carbocycles. The lowest BCUT2D eigenvalue weighted by molar-refractivity contribution is -0.151. The van der Waals surface area contributed by atoms with Gasteiger partial charge in [0.15, 0.2) is 0 Å². The summed E-state index contributed by atoms with van der Waals surface area (Å²) in [6.07, 6.45) is 15.4. The van der Waals surface area contributed by atoms with E-state index in [2.05, 4.69) is 6.92 Å². The van der Waals surface area contributed by atoms with E-state index in [1.54, 1.807) is 0 Å². The molecular formula is C26H56O10. The molecule has 1 fully saturated rings. The Balaban J connectivity index is -0.00000168. The molecule has 4 atom stereocenters. The second-order valence-electron chi connectivity index (χ2n) is 9.25. The second kappa shape index (κ2) is 28.7. The summed E-state index contributed by atoms with van der Waals surface area (Å²) in [7, 11) is 0. The van der Waals surface area contributed by atoms with Crippen molar-refractivity contribution in [3.8, 4) is 0 Å². The van der Waals surface area contributed by atoms with Gasteiger partial charge in [-0.3, -0.25) is 4.79 Å². The minimum absolute atomic E-state index is 0.